The number of halogens is 1. The van der Waals surface area contributed by atoms with Crippen molar-refractivity contribution in [1.82, 2.24) is 5.32 Å². The van der Waals surface area contributed by atoms with Gasteiger partial charge in [0, 0.05) is 17.7 Å². The van der Waals surface area contributed by atoms with Crippen LogP contribution in [0.2, 0.25) is 0 Å². The fourth-order valence-corrected chi connectivity index (χ4v) is 2.26. The molecule has 0 bridgehead atoms. The summed E-state index contributed by atoms with van der Waals surface area (Å²) in [5.74, 6) is 0.862. The first-order valence-electron chi connectivity index (χ1n) is 6.91. The molecule has 0 heterocycles. The second kappa shape index (κ2) is 7.09. The number of methoxy groups -OCH3 is 2. The van der Waals surface area contributed by atoms with E-state index in [1.807, 2.05) is 25.1 Å². The van der Waals surface area contributed by atoms with Gasteiger partial charge in [-0.15, -0.1) is 0 Å². The zero-order valence-electron chi connectivity index (χ0n) is 12.6. The van der Waals surface area contributed by atoms with Gasteiger partial charge < -0.3 is 14.8 Å². The summed E-state index contributed by atoms with van der Waals surface area (Å²) >= 11 is 0. The van der Waals surface area contributed by atoms with Crippen LogP contribution in [0.15, 0.2) is 36.4 Å². The van der Waals surface area contributed by atoms with Crippen molar-refractivity contribution in [2.45, 2.75) is 13.5 Å². The third-order valence-electron chi connectivity index (χ3n) is 3.31. The maximum Gasteiger partial charge on any atom is 0.168 e. The van der Waals surface area contributed by atoms with Gasteiger partial charge in [0.2, 0.25) is 0 Å². The molecule has 112 valence electrons. The van der Waals surface area contributed by atoms with Crippen molar-refractivity contribution in [1.29, 1.82) is 0 Å². The van der Waals surface area contributed by atoms with Gasteiger partial charge in [-0.05, 0) is 24.2 Å². The van der Waals surface area contributed by atoms with Crippen molar-refractivity contribution in [2.24, 2.45) is 0 Å². The number of nitrogens with one attached hydrogen (secondary N) is 1. The summed E-state index contributed by atoms with van der Waals surface area (Å²) in [4.78, 5) is 0. The molecule has 0 atom stereocenters. The maximum atomic E-state index is 14.4. The Morgan fingerprint density at radius 1 is 1.05 bits per heavy atom. The van der Waals surface area contributed by atoms with Crippen molar-refractivity contribution >= 4 is 0 Å². The minimum absolute atomic E-state index is 0.267. The van der Waals surface area contributed by atoms with Gasteiger partial charge in [-0.1, -0.05) is 31.2 Å². The van der Waals surface area contributed by atoms with Gasteiger partial charge in [0.25, 0.3) is 0 Å². The number of ether oxygens (including phenoxy) is 2. The van der Waals surface area contributed by atoms with Crippen LogP contribution in [-0.2, 0) is 6.54 Å². The summed E-state index contributed by atoms with van der Waals surface area (Å²) in [5.41, 5.74) is 2.11. The Bertz CT molecular complexity index is 614. The molecule has 21 heavy (non-hydrogen) atoms. The second-order valence-electron chi connectivity index (χ2n) is 4.64. The third kappa shape index (κ3) is 3.34. The van der Waals surface area contributed by atoms with E-state index in [1.54, 1.807) is 32.4 Å². The Morgan fingerprint density at radius 3 is 2.48 bits per heavy atom. The van der Waals surface area contributed by atoms with E-state index >= 15 is 0 Å². The molecule has 2 rings (SSSR count). The highest BCUT2D eigenvalue weighted by atomic mass is 19.1. The highest BCUT2D eigenvalue weighted by Crippen LogP contribution is 2.38. The van der Waals surface area contributed by atoms with Crippen LogP contribution in [0.3, 0.4) is 0 Å². The van der Waals surface area contributed by atoms with Crippen LogP contribution in [-0.4, -0.2) is 20.8 Å². The van der Waals surface area contributed by atoms with E-state index in [-0.39, 0.29) is 5.82 Å². The van der Waals surface area contributed by atoms with Crippen LogP contribution in [0.25, 0.3) is 11.1 Å². The molecule has 1 N–H and O–H groups in total. The quantitative estimate of drug-likeness (QED) is 0.881. The predicted molar refractivity (Wildman–Crippen MR) is 82.3 cm³/mol. The summed E-state index contributed by atoms with van der Waals surface area (Å²) in [6, 6.07) is 10.7. The molecule has 4 heteroatoms. The van der Waals surface area contributed by atoms with Gasteiger partial charge in [0.15, 0.2) is 11.5 Å². The number of rotatable bonds is 6. The predicted octanol–water partition coefficient (Wildman–Crippen LogP) is 3.62. The first-order chi connectivity index (χ1) is 10.2. The Morgan fingerprint density at radius 2 is 1.86 bits per heavy atom. The van der Waals surface area contributed by atoms with Crippen molar-refractivity contribution in [3.8, 4) is 22.6 Å². The molecule has 0 aliphatic carbocycles. The van der Waals surface area contributed by atoms with Crippen LogP contribution in [0, 0.1) is 5.82 Å². The van der Waals surface area contributed by atoms with Crippen LogP contribution in [0.1, 0.15) is 12.5 Å². The lowest BCUT2D eigenvalue weighted by atomic mass is 10.0. The van der Waals surface area contributed by atoms with Gasteiger partial charge in [-0.25, -0.2) is 4.39 Å². The normalized spacial score (nSPS) is 10.5. The first kappa shape index (κ1) is 15.3. The molecule has 3 nitrogen and oxygen atoms in total. The van der Waals surface area contributed by atoms with Crippen LogP contribution in [0.4, 0.5) is 4.39 Å². The van der Waals surface area contributed by atoms with Gasteiger partial charge in [0.1, 0.15) is 5.82 Å². The Labute approximate surface area is 124 Å². The number of hydrogen-bond donors (Lipinski definition) is 1. The molecular weight excluding hydrogens is 269 g/mol. The van der Waals surface area contributed by atoms with E-state index in [1.165, 1.54) is 0 Å². The largest absolute Gasteiger partial charge is 0.493 e. The smallest absolute Gasteiger partial charge is 0.168 e. The first-order valence-corrected chi connectivity index (χ1v) is 6.91. The van der Waals surface area contributed by atoms with Crippen molar-refractivity contribution in [3.63, 3.8) is 0 Å². The van der Waals surface area contributed by atoms with Crippen molar-refractivity contribution in [2.75, 3.05) is 20.8 Å². The standard InChI is InChI=1S/C17H20FNO2/c1-4-19-11-12-8-9-13(15(18)10-12)14-6-5-7-16(20-2)17(14)21-3/h5-10,19H,4,11H2,1-3H3. The number of benzene rings is 2. The fraction of sp³-hybridized carbons (Fsp3) is 0.294. The van der Waals surface area contributed by atoms with Gasteiger partial charge in [0.05, 0.1) is 14.2 Å². The fourth-order valence-electron chi connectivity index (χ4n) is 2.26. The van der Waals surface area contributed by atoms with Crippen molar-refractivity contribution in [3.05, 3.63) is 47.8 Å². The highest BCUT2D eigenvalue weighted by molar-refractivity contribution is 5.74. The lowest BCUT2D eigenvalue weighted by Gasteiger charge is -2.14. The van der Waals surface area contributed by atoms with Crippen molar-refractivity contribution < 1.29 is 13.9 Å². The van der Waals surface area contributed by atoms with Gasteiger partial charge in [-0.2, -0.15) is 0 Å². The van der Waals surface area contributed by atoms with E-state index in [0.717, 1.165) is 12.1 Å². The molecule has 0 aliphatic heterocycles. The van der Waals surface area contributed by atoms with E-state index in [4.69, 9.17) is 9.47 Å². The molecule has 0 unspecified atom stereocenters. The number of para-hydroxylation sites is 1. The average Bonchev–Trinajstić information content (AvgIpc) is 2.52. The molecule has 0 fully saturated rings. The van der Waals surface area contributed by atoms with Gasteiger partial charge >= 0.3 is 0 Å². The molecule has 2 aromatic carbocycles. The van der Waals surface area contributed by atoms with E-state index in [9.17, 15) is 4.39 Å². The molecule has 2 aromatic rings. The SMILES string of the molecule is CCNCc1ccc(-c2cccc(OC)c2OC)c(F)c1. The minimum atomic E-state index is -0.267. The lowest BCUT2D eigenvalue weighted by Crippen LogP contribution is -2.11. The Balaban J connectivity index is 2.42. The summed E-state index contributed by atoms with van der Waals surface area (Å²) in [7, 11) is 3.12. The third-order valence-corrected chi connectivity index (χ3v) is 3.31. The molecule has 0 spiro atoms. The second-order valence-corrected chi connectivity index (χ2v) is 4.64. The Hall–Kier alpha value is -2.07. The minimum Gasteiger partial charge on any atom is -0.493 e. The van der Waals surface area contributed by atoms with E-state index < -0.39 is 0 Å². The maximum absolute atomic E-state index is 14.4. The zero-order valence-corrected chi connectivity index (χ0v) is 12.6. The summed E-state index contributed by atoms with van der Waals surface area (Å²) < 4.78 is 25.0. The molecule has 0 aromatic heterocycles. The topological polar surface area (TPSA) is 30.5 Å². The van der Waals surface area contributed by atoms with Crippen LogP contribution < -0.4 is 14.8 Å². The van der Waals surface area contributed by atoms with Crippen LogP contribution in [0.5, 0.6) is 11.5 Å². The average molecular weight is 289 g/mol. The molecular formula is C17H20FNO2. The van der Waals surface area contributed by atoms with E-state index in [2.05, 4.69) is 5.32 Å². The summed E-state index contributed by atoms with van der Waals surface area (Å²) in [6.45, 7) is 3.53. The molecule has 0 saturated heterocycles. The summed E-state index contributed by atoms with van der Waals surface area (Å²) in [5, 5.41) is 3.18. The van der Waals surface area contributed by atoms with Crippen LogP contribution >= 0.6 is 0 Å². The number of hydrogen-bond acceptors (Lipinski definition) is 3. The van der Waals surface area contributed by atoms with Gasteiger partial charge in [-0.3, -0.25) is 0 Å². The van der Waals surface area contributed by atoms with E-state index in [0.29, 0.717) is 29.2 Å². The highest BCUT2D eigenvalue weighted by Gasteiger charge is 2.14. The Kier molecular flexibility index (Phi) is 5.17. The zero-order chi connectivity index (χ0) is 15.2. The molecule has 0 aliphatic rings. The molecule has 0 radical (unpaired) electrons. The molecule has 0 saturated carbocycles. The monoisotopic (exact) mass is 289 g/mol. The molecule has 0 amide bonds. The lowest BCUT2D eigenvalue weighted by molar-refractivity contribution is 0.356. The summed E-state index contributed by atoms with van der Waals surface area (Å²) in [6.07, 6.45) is 0.